The molecule has 25 heavy (non-hydrogen) atoms. The second-order valence-corrected chi connectivity index (χ2v) is 5.81. The van der Waals surface area contributed by atoms with E-state index in [9.17, 15) is 9.18 Å². The molecule has 2 aromatic carbocycles. The van der Waals surface area contributed by atoms with Crippen LogP contribution in [0.4, 0.5) is 9.18 Å². The molecule has 2 aromatic rings. The van der Waals surface area contributed by atoms with Crippen molar-refractivity contribution in [2.45, 2.75) is 26.3 Å². The lowest BCUT2D eigenvalue weighted by atomic mass is 10.1. The molecule has 0 aliphatic carbocycles. The second-order valence-electron chi connectivity index (χ2n) is 5.81. The Hall–Kier alpha value is -2.56. The Balaban J connectivity index is 1.94. The first kappa shape index (κ1) is 18.8. The highest BCUT2D eigenvalue weighted by atomic mass is 19.1. The van der Waals surface area contributed by atoms with Crippen molar-refractivity contribution >= 4 is 6.03 Å². The molecule has 0 fully saturated rings. The van der Waals surface area contributed by atoms with Crippen LogP contribution in [0.25, 0.3) is 0 Å². The molecule has 0 aromatic heterocycles. The summed E-state index contributed by atoms with van der Waals surface area (Å²) in [6, 6.07) is 13.8. The maximum absolute atomic E-state index is 13.1. The number of benzene rings is 2. The number of carbonyl (C=O) groups is 1. The van der Waals surface area contributed by atoms with Gasteiger partial charge in [-0.1, -0.05) is 30.3 Å². The summed E-state index contributed by atoms with van der Waals surface area (Å²) in [6.07, 6.45) is 0.693. The molecular weight excluding hydrogens is 319 g/mol. The third kappa shape index (κ3) is 4.95. The molecule has 0 spiro atoms. The van der Waals surface area contributed by atoms with Crippen LogP contribution in [0.1, 0.15) is 31.0 Å². The Morgan fingerprint density at radius 3 is 2.52 bits per heavy atom. The standard InChI is InChI=1S/C20H25FN2O2/c1-4-23(15(2)16-9-11-18(21)12-10-16)20(24)22-14-13-17-7-5-6-8-19(17)25-3/h5-12,15H,4,13-14H2,1-3H3,(H,22,24). The van der Waals surface area contributed by atoms with Gasteiger partial charge in [-0.05, 0) is 49.6 Å². The third-order valence-electron chi connectivity index (χ3n) is 4.28. The molecule has 0 saturated heterocycles. The molecule has 4 nitrogen and oxygen atoms in total. The smallest absolute Gasteiger partial charge is 0.317 e. The number of carbonyl (C=O) groups excluding carboxylic acids is 1. The zero-order valence-corrected chi connectivity index (χ0v) is 15.0. The summed E-state index contributed by atoms with van der Waals surface area (Å²) in [5.41, 5.74) is 1.96. The molecule has 0 bridgehead atoms. The van der Waals surface area contributed by atoms with E-state index in [1.54, 1.807) is 24.1 Å². The van der Waals surface area contributed by atoms with Crippen LogP contribution in [0, 0.1) is 5.82 Å². The first-order chi connectivity index (χ1) is 12.1. The molecule has 134 valence electrons. The number of nitrogens with zero attached hydrogens (tertiary/aromatic N) is 1. The van der Waals surface area contributed by atoms with Crippen LogP contribution in [-0.2, 0) is 6.42 Å². The zero-order chi connectivity index (χ0) is 18.2. The van der Waals surface area contributed by atoms with Crippen molar-refractivity contribution in [1.29, 1.82) is 0 Å². The van der Waals surface area contributed by atoms with Crippen LogP contribution in [-0.4, -0.2) is 31.1 Å². The molecule has 1 atom stereocenters. The molecule has 5 heteroatoms. The van der Waals surface area contributed by atoms with Gasteiger partial charge in [0.2, 0.25) is 0 Å². The summed E-state index contributed by atoms with van der Waals surface area (Å²) in [5, 5.41) is 2.95. The molecule has 1 unspecified atom stereocenters. The summed E-state index contributed by atoms with van der Waals surface area (Å²) in [7, 11) is 1.64. The van der Waals surface area contributed by atoms with Gasteiger partial charge in [-0.3, -0.25) is 0 Å². The Labute approximate surface area is 148 Å². The van der Waals surface area contributed by atoms with Crippen LogP contribution in [0.5, 0.6) is 5.75 Å². The van der Waals surface area contributed by atoms with Crippen LogP contribution in [0.3, 0.4) is 0 Å². The van der Waals surface area contributed by atoms with Gasteiger partial charge in [-0.25, -0.2) is 9.18 Å². The predicted molar refractivity (Wildman–Crippen MR) is 97.3 cm³/mol. The van der Waals surface area contributed by atoms with Gasteiger partial charge in [0, 0.05) is 13.1 Å². The molecule has 0 aliphatic rings. The van der Waals surface area contributed by atoms with E-state index >= 15 is 0 Å². The zero-order valence-electron chi connectivity index (χ0n) is 15.0. The number of methoxy groups -OCH3 is 1. The number of nitrogens with one attached hydrogen (secondary N) is 1. The van der Waals surface area contributed by atoms with Crippen molar-refractivity contribution in [3.8, 4) is 5.75 Å². The van der Waals surface area contributed by atoms with E-state index < -0.39 is 0 Å². The van der Waals surface area contributed by atoms with E-state index in [1.165, 1.54) is 12.1 Å². The number of halogens is 1. The van der Waals surface area contributed by atoms with E-state index in [4.69, 9.17) is 4.74 Å². The normalized spacial score (nSPS) is 11.7. The van der Waals surface area contributed by atoms with Crippen LogP contribution < -0.4 is 10.1 Å². The van der Waals surface area contributed by atoms with Gasteiger partial charge in [-0.15, -0.1) is 0 Å². The summed E-state index contributed by atoms with van der Waals surface area (Å²) in [4.78, 5) is 14.2. The van der Waals surface area contributed by atoms with Crippen molar-refractivity contribution in [3.05, 3.63) is 65.5 Å². The molecule has 0 aliphatic heterocycles. The molecule has 2 amide bonds. The number of hydrogen-bond acceptors (Lipinski definition) is 2. The van der Waals surface area contributed by atoms with E-state index in [1.807, 2.05) is 38.1 Å². The van der Waals surface area contributed by atoms with Crippen molar-refractivity contribution < 1.29 is 13.9 Å². The first-order valence-corrected chi connectivity index (χ1v) is 8.48. The monoisotopic (exact) mass is 344 g/mol. The summed E-state index contributed by atoms with van der Waals surface area (Å²) in [5.74, 6) is 0.545. The van der Waals surface area contributed by atoms with Crippen LogP contribution >= 0.6 is 0 Å². The van der Waals surface area contributed by atoms with Gasteiger partial charge in [0.25, 0.3) is 0 Å². The molecule has 1 N–H and O–H groups in total. The van der Waals surface area contributed by atoms with Crippen molar-refractivity contribution in [2.24, 2.45) is 0 Å². The third-order valence-corrected chi connectivity index (χ3v) is 4.28. The Morgan fingerprint density at radius 2 is 1.88 bits per heavy atom. The summed E-state index contributed by atoms with van der Waals surface area (Å²) in [6.45, 7) is 4.96. The van der Waals surface area contributed by atoms with Gasteiger partial charge in [0.15, 0.2) is 0 Å². The highest BCUT2D eigenvalue weighted by molar-refractivity contribution is 5.74. The fourth-order valence-electron chi connectivity index (χ4n) is 2.83. The summed E-state index contributed by atoms with van der Waals surface area (Å²) < 4.78 is 18.4. The largest absolute Gasteiger partial charge is 0.496 e. The fourth-order valence-corrected chi connectivity index (χ4v) is 2.83. The Kier molecular flexibility index (Phi) is 6.81. The summed E-state index contributed by atoms with van der Waals surface area (Å²) >= 11 is 0. The van der Waals surface area contributed by atoms with Crippen molar-refractivity contribution in [1.82, 2.24) is 10.2 Å². The van der Waals surface area contributed by atoms with E-state index in [2.05, 4.69) is 5.32 Å². The average molecular weight is 344 g/mol. The second kappa shape index (κ2) is 9.06. The number of urea groups is 1. The molecule has 2 rings (SSSR count). The highest BCUT2D eigenvalue weighted by Gasteiger charge is 2.19. The average Bonchev–Trinajstić information content (AvgIpc) is 2.63. The topological polar surface area (TPSA) is 41.6 Å². The van der Waals surface area contributed by atoms with E-state index in [-0.39, 0.29) is 17.9 Å². The quantitative estimate of drug-likeness (QED) is 0.819. The minimum absolute atomic E-state index is 0.128. The van der Waals surface area contributed by atoms with Crippen molar-refractivity contribution in [2.75, 3.05) is 20.2 Å². The van der Waals surface area contributed by atoms with E-state index in [0.717, 1.165) is 16.9 Å². The number of ether oxygens (including phenoxy) is 1. The number of hydrogen-bond donors (Lipinski definition) is 1. The first-order valence-electron chi connectivity index (χ1n) is 8.48. The number of rotatable bonds is 7. The van der Waals surface area contributed by atoms with Crippen molar-refractivity contribution in [3.63, 3.8) is 0 Å². The molecule has 0 heterocycles. The Bertz CT molecular complexity index is 688. The highest BCUT2D eigenvalue weighted by Crippen LogP contribution is 2.21. The maximum atomic E-state index is 13.1. The van der Waals surface area contributed by atoms with Crippen LogP contribution in [0.15, 0.2) is 48.5 Å². The number of para-hydroxylation sites is 1. The minimum atomic E-state index is -0.278. The molecule has 0 radical (unpaired) electrons. The molecular formula is C20H25FN2O2. The van der Waals surface area contributed by atoms with Gasteiger partial charge in [0.05, 0.1) is 13.2 Å². The van der Waals surface area contributed by atoms with Crippen LogP contribution in [0.2, 0.25) is 0 Å². The lowest BCUT2D eigenvalue weighted by molar-refractivity contribution is 0.183. The van der Waals surface area contributed by atoms with E-state index in [0.29, 0.717) is 19.5 Å². The fraction of sp³-hybridized carbons (Fsp3) is 0.350. The lowest BCUT2D eigenvalue weighted by Crippen LogP contribution is -2.42. The molecule has 0 saturated carbocycles. The maximum Gasteiger partial charge on any atom is 0.317 e. The minimum Gasteiger partial charge on any atom is -0.496 e. The predicted octanol–water partition coefficient (Wildman–Crippen LogP) is 4.17. The SMILES string of the molecule is CCN(C(=O)NCCc1ccccc1OC)C(C)c1ccc(F)cc1. The Morgan fingerprint density at radius 1 is 1.20 bits per heavy atom. The lowest BCUT2D eigenvalue weighted by Gasteiger charge is -2.28. The van der Waals surface area contributed by atoms with Gasteiger partial charge < -0.3 is 15.0 Å². The van der Waals surface area contributed by atoms with Gasteiger partial charge >= 0.3 is 6.03 Å². The number of amides is 2. The van der Waals surface area contributed by atoms with Gasteiger partial charge in [-0.2, -0.15) is 0 Å². The van der Waals surface area contributed by atoms with Gasteiger partial charge in [0.1, 0.15) is 11.6 Å².